The van der Waals surface area contributed by atoms with Gasteiger partial charge in [0, 0.05) is 35.7 Å². The Hall–Kier alpha value is -2.87. The topological polar surface area (TPSA) is 73.1 Å². The molecule has 0 N–H and O–H groups in total. The van der Waals surface area contributed by atoms with Gasteiger partial charge in [0.25, 0.3) is 0 Å². The first-order chi connectivity index (χ1) is 16.6. The highest BCUT2D eigenvalue weighted by Gasteiger charge is 2.28. The zero-order valence-corrected chi connectivity index (χ0v) is 21.0. The van der Waals surface area contributed by atoms with Crippen molar-refractivity contribution in [1.29, 1.82) is 0 Å². The monoisotopic (exact) mass is 479 g/mol. The molecular weight excluding hydrogens is 446 g/mol. The summed E-state index contributed by atoms with van der Waals surface area (Å²) in [6.07, 6.45) is 9.37. The first-order valence-electron chi connectivity index (χ1n) is 12.1. The SMILES string of the molecule is CCOc1ccc(-n2c(SCC(=O)N(C(C)C)C3CCCCC3)nnc2-c2ccncc2)cc1. The summed E-state index contributed by atoms with van der Waals surface area (Å²) < 4.78 is 7.61. The number of carbonyl (C=O) groups is 1. The normalized spacial score (nSPS) is 14.4. The van der Waals surface area contributed by atoms with Gasteiger partial charge in [0.2, 0.25) is 5.91 Å². The summed E-state index contributed by atoms with van der Waals surface area (Å²) in [5.41, 5.74) is 1.84. The van der Waals surface area contributed by atoms with Gasteiger partial charge in [-0.05, 0) is 70.0 Å². The van der Waals surface area contributed by atoms with Crippen LogP contribution in [0.4, 0.5) is 0 Å². The molecule has 7 nitrogen and oxygen atoms in total. The van der Waals surface area contributed by atoms with Crippen molar-refractivity contribution in [3.63, 3.8) is 0 Å². The molecule has 2 heterocycles. The van der Waals surface area contributed by atoms with Crippen molar-refractivity contribution >= 4 is 17.7 Å². The number of hydrogen-bond donors (Lipinski definition) is 0. The first kappa shape index (κ1) is 24.3. The molecule has 2 aromatic heterocycles. The summed E-state index contributed by atoms with van der Waals surface area (Å²) in [5.74, 6) is 2.03. The lowest BCUT2D eigenvalue weighted by molar-refractivity contribution is -0.133. The Morgan fingerprint density at radius 3 is 2.44 bits per heavy atom. The fraction of sp³-hybridized carbons (Fsp3) is 0.462. The Kier molecular flexibility index (Phi) is 8.21. The van der Waals surface area contributed by atoms with Crippen molar-refractivity contribution in [2.75, 3.05) is 12.4 Å². The number of aromatic nitrogens is 4. The summed E-state index contributed by atoms with van der Waals surface area (Å²) in [5, 5.41) is 9.64. The molecule has 0 unspecified atom stereocenters. The maximum Gasteiger partial charge on any atom is 0.233 e. The molecule has 1 fully saturated rings. The van der Waals surface area contributed by atoms with Crippen LogP contribution in [0, 0.1) is 0 Å². The van der Waals surface area contributed by atoms with E-state index in [0.717, 1.165) is 35.7 Å². The number of rotatable bonds is 9. The fourth-order valence-corrected chi connectivity index (χ4v) is 5.44. The van der Waals surface area contributed by atoms with Crippen LogP contribution in [-0.2, 0) is 4.79 Å². The maximum atomic E-state index is 13.3. The molecule has 1 aliphatic carbocycles. The van der Waals surface area contributed by atoms with Crippen LogP contribution >= 0.6 is 11.8 Å². The van der Waals surface area contributed by atoms with Crippen LogP contribution < -0.4 is 4.74 Å². The highest BCUT2D eigenvalue weighted by Crippen LogP contribution is 2.30. The zero-order chi connectivity index (χ0) is 23.9. The molecule has 0 aliphatic heterocycles. The molecule has 4 rings (SSSR count). The molecule has 1 saturated carbocycles. The summed E-state index contributed by atoms with van der Waals surface area (Å²) in [6.45, 7) is 6.81. The minimum atomic E-state index is 0.165. The van der Waals surface area contributed by atoms with Crippen LogP contribution in [0.25, 0.3) is 17.1 Å². The van der Waals surface area contributed by atoms with Gasteiger partial charge in [0.1, 0.15) is 5.75 Å². The molecule has 0 radical (unpaired) electrons. The van der Waals surface area contributed by atoms with Crippen molar-refractivity contribution in [2.24, 2.45) is 0 Å². The van der Waals surface area contributed by atoms with E-state index in [2.05, 4.69) is 33.9 Å². The van der Waals surface area contributed by atoms with Gasteiger partial charge in [-0.15, -0.1) is 10.2 Å². The van der Waals surface area contributed by atoms with Crippen LogP contribution in [0.2, 0.25) is 0 Å². The highest BCUT2D eigenvalue weighted by atomic mass is 32.2. The molecule has 1 amide bonds. The second-order valence-corrected chi connectivity index (χ2v) is 9.72. The summed E-state index contributed by atoms with van der Waals surface area (Å²) in [7, 11) is 0. The van der Waals surface area contributed by atoms with Gasteiger partial charge in [-0.3, -0.25) is 14.3 Å². The second kappa shape index (κ2) is 11.5. The van der Waals surface area contributed by atoms with Gasteiger partial charge in [-0.25, -0.2) is 0 Å². The van der Waals surface area contributed by atoms with Crippen LogP contribution in [0.5, 0.6) is 5.75 Å². The van der Waals surface area contributed by atoms with Crippen LogP contribution in [-0.4, -0.2) is 55.0 Å². The molecule has 3 aromatic rings. The Labute approximate surface area is 205 Å². The minimum absolute atomic E-state index is 0.165. The van der Waals surface area contributed by atoms with Crippen LogP contribution in [0.3, 0.4) is 0 Å². The lowest BCUT2D eigenvalue weighted by Gasteiger charge is -2.37. The molecule has 0 spiro atoms. The van der Waals surface area contributed by atoms with Gasteiger partial charge in [0.15, 0.2) is 11.0 Å². The molecular formula is C26H33N5O2S. The number of ether oxygens (including phenoxy) is 1. The second-order valence-electron chi connectivity index (χ2n) is 8.78. The lowest BCUT2D eigenvalue weighted by atomic mass is 9.93. The number of hydrogen-bond acceptors (Lipinski definition) is 6. The van der Waals surface area contributed by atoms with E-state index in [1.807, 2.05) is 47.9 Å². The number of pyridine rings is 1. The van der Waals surface area contributed by atoms with Gasteiger partial charge in [-0.1, -0.05) is 31.0 Å². The smallest absolute Gasteiger partial charge is 0.233 e. The van der Waals surface area contributed by atoms with Gasteiger partial charge in [-0.2, -0.15) is 0 Å². The van der Waals surface area contributed by atoms with Crippen molar-refractivity contribution in [1.82, 2.24) is 24.6 Å². The van der Waals surface area contributed by atoms with Gasteiger partial charge < -0.3 is 9.64 Å². The van der Waals surface area contributed by atoms with E-state index < -0.39 is 0 Å². The molecule has 0 bridgehead atoms. The van der Waals surface area contributed by atoms with Crippen molar-refractivity contribution in [2.45, 2.75) is 70.1 Å². The van der Waals surface area contributed by atoms with Crippen molar-refractivity contribution in [3.8, 4) is 22.8 Å². The average Bonchev–Trinajstić information content (AvgIpc) is 3.28. The molecule has 1 aliphatic rings. The van der Waals surface area contributed by atoms with E-state index in [-0.39, 0.29) is 11.9 Å². The summed E-state index contributed by atoms with van der Waals surface area (Å²) in [4.78, 5) is 19.5. The van der Waals surface area contributed by atoms with E-state index in [9.17, 15) is 4.79 Å². The molecule has 34 heavy (non-hydrogen) atoms. The van der Waals surface area contributed by atoms with Crippen molar-refractivity contribution in [3.05, 3.63) is 48.8 Å². The number of benzene rings is 1. The summed E-state index contributed by atoms with van der Waals surface area (Å²) in [6, 6.07) is 12.2. The largest absolute Gasteiger partial charge is 0.494 e. The number of carbonyl (C=O) groups excluding carboxylic acids is 1. The fourth-order valence-electron chi connectivity index (χ4n) is 4.62. The molecule has 0 atom stereocenters. The summed E-state index contributed by atoms with van der Waals surface area (Å²) >= 11 is 1.44. The van der Waals surface area contributed by atoms with Crippen LogP contribution in [0.15, 0.2) is 53.9 Å². The third-order valence-electron chi connectivity index (χ3n) is 6.11. The Balaban J connectivity index is 1.60. The Morgan fingerprint density at radius 2 is 1.79 bits per heavy atom. The number of amides is 1. The molecule has 0 saturated heterocycles. The first-order valence-corrected chi connectivity index (χ1v) is 13.1. The van der Waals surface area contributed by atoms with E-state index in [1.165, 1.54) is 31.0 Å². The van der Waals surface area contributed by atoms with Gasteiger partial charge >= 0.3 is 0 Å². The van der Waals surface area contributed by atoms with Gasteiger partial charge in [0.05, 0.1) is 12.4 Å². The highest BCUT2D eigenvalue weighted by molar-refractivity contribution is 7.99. The van der Waals surface area contributed by atoms with E-state index in [0.29, 0.717) is 23.6 Å². The number of nitrogens with zero attached hydrogens (tertiary/aromatic N) is 5. The predicted molar refractivity (Wildman–Crippen MR) is 135 cm³/mol. The third-order valence-corrected chi connectivity index (χ3v) is 7.03. The molecule has 1 aromatic carbocycles. The minimum Gasteiger partial charge on any atom is -0.494 e. The maximum absolute atomic E-state index is 13.3. The van der Waals surface area contributed by atoms with E-state index in [4.69, 9.17) is 4.74 Å². The number of thioether (sulfide) groups is 1. The predicted octanol–water partition coefficient (Wildman–Crippen LogP) is 5.39. The zero-order valence-electron chi connectivity index (χ0n) is 20.2. The quantitative estimate of drug-likeness (QED) is 0.383. The standard InChI is InChI=1S/C26H33N5O2S/c1-4-33-23-12-10-22(11-13-23)31-25(20-14-16-27-17-15-20)28-29-26(31)34-18-24(32)30(19(2)3)21-8-6-5-7-9-21/h10-17,19,21H,4-9,18H2,1-3H3. The molecule has 8 heteroatoms. The van der Waals surface area contributed by atoms with Crippen LogP contribution in [0.1, 0.15) is 52.9 Å². The Bertz CT molecular complexity index is 1060. The van der Waals surface area contributed by atoms with E-state index in [1.54, 1.807) is 12.4 Å². The molecule has 180 valence electrons. The Morgan fingerprint density at radius 1 is 1.09 bits per heavy atom. The lowest BCUT2D eigenvalue weighted by Crippen LogP contribution is -2.46. The average molecular weight is 480 g/mol. The van der Waals surface area contributed by atoms with Crippen molar-refractivity contribution < 1.29 is 9.53 Å². The third kappa shape index (κ3) is 5.60. The van der Waals surface area contributed by atoms with E-state index >= 15 is 0 Å².